The molecule has 2 rings (SSSR count). The predicted octanol–water partition coefficient (Wildman–Crippen LogP) is -0.138. The highest BCUT2D eigenvalue weighted by Gasteiger charge is 2.12. The second-order valence-corrected chi connectivity index (χ2v) is 6.78. The molecule has 0 spiro atoms. The molecule has 0 atom stereocenters. The first kappa shape index (κ1) is 22.2. The van der Waals surface area contributed by atoms with Crippen molar-refractivity contribution in [3.63, 3.8) is 0 Å². The smallest absolute Gasteiger partial charge is 0.242 e. The summed E-state index contributed by atoms with van der Waals surface area (Å²) >= 11 is 0. The van der Waals surface area contributed by atoms with Crippen molar-refractivity contribution in [2.24, 2.45) is 12.0 Å². The second-order valence-electron chi connectivity index (χ2n) is 5.01. The summed E-state index contributed by atoms with van der Waals surface area (Å²) in [6.45, 7) is 3.60. The van der Waals surface area contributed by atoms with Gasteiger partial charge in [-0.3, -0.25) is 9.67 Å². The molecule has 12 heteroatoms. The van der Waals surface area contributed by atoms with Crippen LogP contribution in [0.1, 0.15) is 12.7 Å². The Bertz CT molecular complexity index is 794. The highest BCUT2D eigenvalue weighted by atomic mass is 127. The van der Waals surface area contributed by atoms with Crippen LogP contribution >= 0.6 is 24.0 Å². The Balaban J connectivity index is 0.00000338. The van der Waals surface area contributed by atoms with Gasteiger partial charge in [0.25, 0.3) is 0 Å². The molecule has 2 aromatic heterocycles. The third-order valence-electron chi connectivity index (χ3n) is 3.18. The molecule has 3 N–H and O–H groups in total. The number of sulfonamides is 1. The third-order valence-corrected chi connectivity index (χ3v) is 4.63. The van der Waals surface area contributed by atoms with Gasteiger partial charge >= 0.3 is 0 Å². The number of aryl methyl sites for hydroxylation is 1. The van der Waals surface area contributed by atoms with Crippen molar-refractivity contribution in [1.29, 1.82) is 0 Å². The van der Waals surface area contributed by atoms with Crippen LogP contribution in [-0.4, -0.2) is 53.8 Å². The monoisotopic (exact) mass is 494 g/mol. The Hall–Kier alpha value is -1.80. The summed E-state index contributed by atoms with van der Waals surface area (Å²) in [7, 11) is -1.76. The molecule has 0 unspecified atom stereocenters. The predicted molar refractivity (Wildman–Crippen MR) is 109 cm³/mol. The van der Waals surface area contributed by atoms with Crippen LogP contribution in [0.15, 0.2) is 40.7 Å². The van der Waals surface area contributed by atoms with Crippen molar-refractivity contribution in [2.45, 2.75) is 18.4 Å². The molecule has 2 heterocycles. The van der Waals surface area contributed by atoms with Crippen LogP contribution in [0.3, 0.4) is 0 Å². The zero-order chi connectivity index (χ0) is 18.1. The van der Waals surface area contributed by atoms with Crippen molar-refractivity contribution in [3.8, 4) is 0 Å². The van der Waals surface area contributed by atoms with E-state index >= 15 is 0 Å². The summed E-state index contributed by atoms with van der Waals surface area (Å²) in [6, 6.07) is 3.07. The molecule has 0 fully saturated rings. The molecule has 26 heavy (non-hydrogen) atoms. The summed E-state index contributed by atoms with van der Waals surface area (Å²) in [5.41, 5.74) is 0. The standard InChI is InChI=1S/C14H22N8O2S.HI/c1-3-16-14(18-10-13-19-11-20-22(13)2)17-7-8-21-25(23,24)12-5-4-6-15-9-12;/h4-6,9,11,21H,3,7-8,10H2,1-2H3,(H2,16,17,18);1H. The molecule has 0 amide bonds. The Morgan fingerprint density at radius 2 is 2.12 bits per heavy atom. The first-order valence-corrected chi connectivity index (χ1v) is 9.26. The van der Waals surface area contributed by atoms with E-state index in [0.717, 1.165) is 5.82 Å². The van der Waals surface area contributed by atoms with Crippen LogP contribution in [0.25, 0.3) is 0 Å². The van der Waals surface area contributed by atoms with Crippen LogP contribution in [-0.2, 0) is 23.6 Å². The largest absolute Gasteiger partial charge is 0.357 e. The van der Waals surface area contributed by atoms with Gasteiger partial charge in [0.2, 0.25) is 10.0 Å². The minimum absolute atomic E-state index is 0. The van der Waals surface area contributed by atoms with Crippen molar-refractivity contribution in [1.82, 2.24) is 35.1 Å². The van der Waals surface area contributed by atoms with Crippen LogP contribution in [0.2, 0.25) is 0 Å². The van der Waals surface area contributed by atoms with E-state index in [9.17, 15) is 8.42 Å². The summed E-state index contributed by atoms with van der Waals surface area (Å²) in [5, 5.41) is 10.1. The number of aromatic nitrogens is 4. The lowest BCUT2D eigenvalue weighted by atomic mass is 10.5. The number of nitrogens with one attached hydrogen (secondary N) is 3. The van der Waals surface area contributed by atoms with Gasteiger partial charge in [0.1, 0.15) is 23.6 Å². The van der Waals surface area contributed by atoms with Crippen molar-refractivity contribution >= 4 is 40.0 Å². The summed E-state index contributed by atoms with van der Waals surface area (Å²) < 4.78 is 28.3. The topological polar surface area (TPSA) is 126 Å². The van der Waals surface area contributed by atoms with Gasteiger partial charge in [0.15, 0.2) is 5.96 Å². The Labute approximate surface area is 170 Å². The van der Waals surface area contributed by atoms with Gasteiger partial charge in [-0.1, -0.05) is 0 Å². The van der Waals surface area contributed by atoms with Gasteiger partial charge in [0.05, 0.1) is 0 Å². The van der Waals surface area contributed by atoms with E-state index in [1.54, 1.807) is 17.8 Å². The molecule has 0 saturated heterocycles. The number of aliphatic imine (C=N–C) groups is 1. The molecule has 0 radical (unpaired) electrons. The maximum absolute atomic E-state index is 12.1. The van der Waals surface area contributed by atoms with E-state index in [-0.39, 0.29) is 35.4 Å². The lowest BCUT2D eigenvalue weighted by molar-refractivity contribution is 0.580. The fraction of sp³-hybridized carbons (Fsp3) is 0.429. The maximum Gasteiger partial charge on any atom is 0.242 e. The summed E-state index contributed by atoms with van der Waals surface area (Å²) in [5.74, 6) is 1.31. The molecule has 144 valence electrons. The number of nitrogens with zero attached hydrogens (tertiary/aromatic N) is 5. The lowest BCUT2D eigenvalue weighted by Crippen LogP contribution is -2.41. The molecule has 0 aliphatic carbocycles. The number of pyridine rings is 1. The van der Waals surface area contributed by atoms with Crippen LogP contribution in [0.5, 0.6) is 0 Å². The van der Waals surface area contributed by atoms with E-state index < -0.39 is 10.0 Å². The van der Waals surface area contributed by atoms with Gasteiger partial charge in [-0.2, -0.15) is 5.10 Å². The minimum atomic E-state index is -3.56. The van der Waals surface area contributed by atoms with Crippen LogP contribution in [0, 0.1) is 0 Å². The van der Waals surface area contributed by atoms with Crippen molar-refractivity contribution < 1.29 is 8.42 Å². The normalized spacial score (nSPS) is 11.7. The van der Waals surface area contributed by atoms with Gasteiger partial charge in [-0.15, -0.1) is 24.0 Å². The SMILES string of the molecule is CCNC(=NCc1ncnn1C)NCCNS(=O)(=O)c1cccnc1.I. The van der Waals surface area contributed by atoms with Gasteiger partial charge in [0, 0.05) is 39.1 Å². The molecule has 0 aliphatic rings. The average Bonchev–Trinajstić information content (AvgIpc) is 3.02. The number of guanidine groups is 1. The first-order valence-electron chi connectivity index (χ1n) is 7.77. The van der Waals surface area contributed by atoms with Gasteiger partial charge < -0.3 is 10.6 Å². The number of hydrogen-bond donors (Lipinski definition) is 3. The molecular weight excluding hydrogens is 471 g/mol. The van der Waals surface area contributed by atoms with Crippen molar-refractivity contribution in [2.75, 3.05) is 19.6 Å². The van der Waals surface area contributed by atoms with Crippen molar-refractivity contribution in [3.05, 3.63) is 36.7 Å². The Morgan fingerprint density at radius 1 is 1.31 bits per heavy atom. The highest BCUT2D eigenvalue weighted by molar-refractivity contribution is 14.0. The van der Waals surface area contributed by atoms with E-state index in [1.165, 1.54) is 24.8 Å². The quantitative estimate of drug-likeness (QED) is 0.202. The van der Waals surface area contributed by atoms with E-state index in [0.29, 0.717) is 25.6 Å². The summed E-state index contributed by atoms with van der Waals surface area (Å²) in [4.78, 5) is 12.4. The zero-order valence-corrected chi connectivity index (χ0v) is 17.7. The molecule has 0 aliphatic heterocycles. The van der Waals surface area contributed by atoms with E-state index in [1.807, 2.05) is 6.92 Å². The van der Waals surface area contributed by atoms with Gasteiger partial charge in [-0.05, 0) is 19.1 Å². The first-order chi connectivity index (χ1) is 12.0. The lowest BCUT2D eigenvalue weighted by Gasteiger charge is -2.12. The fourth-order valence-corrected chi connectivity index (χ4v) is 2.91. The zero-order valence-electron chi connectivity index (χ0n) is 14.6. The molecule has 0 aromatic carbocycles. The molecule has 2 aromatic rings. The van der Waals surface area contributed by atoms with Gasteiger partial charge in [-0.25, -0.2) is 23.1 Å². The Morgan fingerprint density at radius 3 is 2.73 bits per heavy atom. The summed E-state index contributed by atoms with van der Waals surface area (Å²) in [6.07, 6.45) is 4.30. The third kappa shape index (κ3) is 6.84. The van der Waals surface area contributed by atoms with E-state index in [4.69, 9.17) is 0 Å². The second kappa shape index (κ2) is 11.0. The highest BCUT2D eigenvalue weighted by Crippen LogP contribution is 2.04. The number of halogens is 1. The number of hydrogen-bond acceptors (Lipinski definition) is 6. The minimum Gasteiger partial charge on any atom is -0.357 e. The molecule has 10 nitrogen and oxygen atoms in total. The van der Waals surface area contributed by atoms with Crippen LogP contribution < -0.4 is 15.4 Å². The average molecular weight is 494 g/mol. The fourth-order valence-electron chi connectivity index (χ4n) is 1.91. The maximum atomic E-state index is 12.1. The Kier molecular flexibility index (Phi) is 9.43. The molecular formula is C14H23IN8O2S. The number of rotatable bonds is 8. The molecule has 0 saturated carbocycles. The molecule has 0 bridgehead atoms. The van der Waals surface area contributed by atoms with E-state index in [2.05, 4.69) is 35.4 Å². The van der Waals surface area contributed by atoms with Crippen LogP contribution in [0.4, 0.5) is 0 Å².